The molecule has 1 rings (SSSR count). The van der Waals surface area contributed by atoms with Crippen molar-refractivity contribution in [3.8, 4) is 0 Å². The molecule has 0 radical (unpaired) electrons. The standard InChI is InChI=1S/C17H38N.C7H8O3S/c1-5-6-7-8-9-10-11-12-13-14-15-16-17-18(2,3)4;1-6-2-4-7(5-3-6)11(8,9)10/h5-17H2,1-4H3;2-5H,1H3,(H,8,9,10)/q+1;/p-1. The van der Waals surface area contributed by atoms with Gasteiger partial charge in [-0.1, -0.05) is 88.8 Å². The van der Waals surface area contributed by atoms with Crippen LogP contribution < -0.4 is 0 Å². The lowest BCUT2D eigenvalue weighted by molar-refractivity contribution is -0.870. The largest absolute Gasteiger partial charge is 0.744 e. The molecule has 0 unspecified atom stereocenters. The lowest BCUT2D eigenvalue weighted by Crippen LogP contribution is -2.35. The van der Waals surface area contributed by atoms with E-state index in [4.69, 9.17) is 0 Å². The Bertz CT molecular complexity index is 604. The van der Waals surface area contributed by atoms with Crippen molar-refractivity contribution in [2.45, 2.75) is 95.8 Å². The zero-order valence-corrected chi connectivity index (χ0v) is 20.4. The fourth-order valence-electron chi connectivity index (χ4n) is 3.13. The molecule has 0 amide bonds. The van der Waals surface area contributed by atoms with Gasteiger partial charge in [-0.3, -0.25) is 0 Å². The molecule has 0 atom stereocenters. The van der Waals surface area contributed by atoms with Gasteiger partial charge in [0.25, 0.3) is 0 Å². The van der Waals surface area contributed by atoms with E-state index < -0.39 is 10.1 Å². The summed E-state index contributed by atoms with van der Waals surface area (Å²) >= 11 is 0. The number of nitrogens with zero attached hydrogens (tertiary/aromatic N) is 1. The molecule has 0 saturated heterocycles. The lowest BCUT2D eigenvalue weighted by Gasteiger charge is -2.23. The molecule has 4 nitrogen and oxygen atoms in total. The molecular weight excluding hydrogens is 382 g/mol. The second-order valence-electron chi connectivity index (χ2n) is 9.17. The van der Waals surface area contributed by atoms with Gasteiger partial charge in [0.15, 0.2) is 0 Å². The fraction of sp³-hybridized carbons (Fsp3) is 0.750. The van der Waals surface area contributed by atoms with E-state index in [1.165, 1.54) is 95.7 Å². The van der Waals surface area contributed by atoms with Gasteiger partial charge in [-0.25, -0.2) is 8.42 Å². The molecular formula is C24H45NO3S. The molecule has 0 aromatic heterocycles. The Morgan fingerprint density at radius 3 is 1.45 bits per heavy atom. The Hall–Kier alpha value is -0.910. The molecule has 0 bridgehead atoms. The molecule has 0 aliphatic rings. The van der Waals surface area contributed by atoms with Crippen LogP contribution in [0.4, 0.5) is 0 Å². The van der Waals surface area contributed by atoms with E-state index in [9.17, 15) is 13.0 Å². The first-order chi connectivity index (χ1) is 13.6. The van der Waals surface area contributed by atoms with Gasteiger partial charge in [-0.05, 0) is 31.9 Å². The van der Waals surface area contributed by atoms with Crippen LogP contribution in [0.15, 0.2) is 29.2 Å². The van der Waals surface area contributed by atoms with Gasteiger partial charge in [0.2, 0.25) is 0 Å². The minimum absolute atomic E-state index is 0.178. The minimum Gasteiger partial charge on any atom is -0.744 e. The third kappa shape index (κ3) is 18.8. The van der Waals surface area contributed by atoms with Crippen LogP contribution in [0.1, 0.15) is 89.5 Å². The van der Waals surface area contributed by atoms with Crippen LogP contribution in [-0.4, -0.2) is 45.1 Å². The fourth-order valence-corrected chi connectivity index (χ4v) is 3.60. The molecule has 170 valence electrons. The third-order valence-corrected chi connectivity index (χ3v) is 5.84. The van der Waals surface area contributed by atoms with Crippen molar-refractivity contribution >= 4 is 10.1 Å². The number of aryl methyl sites for hydroxylation is 1. The Kier molecular flexibility index (Phi) is 15.4. The van der Waals surface area contributed by atoms with E-state index in [0.29, 0.717) is 0 Å². The number of hydrogen-bond donors (Lipinski definition) is 0. The highest BCUT2D eigenvalue weighted by atomic mass is 32.2. The second kappa shape index (κ2) is 15.9. The maximum absolute atomic E-state index is 10.4. The van der Waals surface area contributed by atoms with Crippen LogP contribution in [0.3, 0.4) is 0 Å². The Balaban J connectivity index is 0.000000604. The van der Waals surface area contributed by atoms with Crippen molar-refractivity contribution in [2.75, 3.05) is 27.7 Å². The average Bonchev–Trinajstić information content (AvgIpc) is 2.62. The van der Waals surface area contributed by atoms with Crippen molar-refractivity contribution in [3.63, 3.8) is 0 Å². The van der Waals surface area contributed by atoms with Crippen LogP contribution >= 0.6 is 0 Å². The van der Waals surface area contributed by atoms with Gasteiger partial charge >= 0.3 is 0 Å². The normalized spacial score (nSPS) is 11.8. The van der Waals surface area contributed by atoms with Gasteiger partial charge in [0.05, 0.1) is 32.6 Å². The molecule has 1 aromatic carbocycles. The third-order valence-electron chi connectivity index (χ3n) is 4.99. The molecule has 0 saturated carbocycles. The monoisotopic (exact) mass is 427 g/mol. The molecule has 0 aliphatic heterocycles. The predicted molar refractivity (Wildman–Crippen MR) is 123 cm³/mol. The Labute approximate surface area is 181 Å². The summed E-state index contributed by atoms with van der Waals surface area (Å²) in [5.74, 6) is 0. The summed E-state index contributed by atoms with van der Waals surface area (Å²) in [5, 5.41) is 0. The number of unbranched alkanes of at least 4 members (excludes halogenated alkanes) is 11. The van der Waals surface area contributed by atoms with Gasteiger partial charge in [0.1, 0.15) is 10.1 Å². The van der Waals surface area contributed by atoms with Gasteiger partial charge < -0.3 is 9.04 Å². The van der Waals surface area contributed by atoms with Crippen molar-refractivity contribution < 1.29 is 17.5 Å². The number of rotatable bonds is 14. The van der Waals surface area contributed by atoms with Crippen molar-refractivity contribution in [2.24, 2.45) is 0 Å². The topological polar surface area (TPSA) is 57.2 Å². The predicted octanol–water partition coefficient (Wildman–Crippen LogP) is 6.29. The van der Waals surface area contributed by atoms with E-state index >= 15 is 0 Å². The van der Waals surface area contributed by atoms with Gasteiger partial charge in [0, 0.05) is 0 Å². The summed E-state index contributed by atoms with van der Waals surface area (Å²) in [7, 11) is 2.60. The summed E-state index contributed by atoms with van der Waals surface area (Å²) < 4.78 is 32.3. The molecule has 1 aromatic rings. The highest BCUT2D eigenvalue weighted by molar-refractivity contribution is 7.85. The summed E-state index contributed by atoms with van der Waals surface area (Å²) in [4.78, 5) is -0.178. The lowest BCUT2D eigenvalue weighted by atomic mass is 10.1. The molecule has 0 fully saturated rings. The first-order valence-corrected chi connectivity index (χ1v) is 12.8. The smallest absolute Gasteiger partial charge is 0.124 e. The Morgan fingerprint density at radius 1 is 0.724 bits per heavy atom. The van der Waals surface area contributed by atoms with E-state index in [-0.39, 0.29) is 4.90 Å². The van der Waals surface area contributed by atoms with Gasteiger partial charge in [-0.15, -0.1) is 0 Å². The highest BCUT2D eigenvalue weighted by Gasteiger charge is 2.04. The van der Waals surface area contributed by atoms with Crippen molar-refractivity contribution in [1.29, 1.82) is 0 Å². The zero-order chi connectivity index (χ0) is 22.2. The SMILES string of the molecule is CCCCCCCCCCCCCC[N+](C)(C)C.Cc1ccc(S(=O)(=O)[O-])cc1. The van der Waals surface area contributed by atoms with Crippen LogP contribution in [0.25, 0.3) is 0 Å². The Morgan fingerprint density at radius 2 is 1.10 bits per heavy atom. The molecule has 0 heterocycles. The van der Waals surface area contributed by atoms with E-state index in [1.807, 2.05) is 6.92 Å². The van der Waals surface area contributed by atoms with E-state index in [2.05, 4.69) is 28.1 Å². The van der Waals surface area contributed by atoms with Crippen LogP contribution in [-0.2, 0) is 10.1 Å². The molecule has 0 N–H and O–H groups in total. The summed E-state index contributed by atoms with van der Waals surface area (Å²) in [6, 6.07) is 5.78. The van der Waals surface area contributed by atoms with Crippen LogP contribution in [0.2, 0.25) is 0 Å². The first kappa shape index (κ1) is 28.1. The first-order valence-electron chi connectivity index (χ1n) is 11.4. The van der Waals surface area contributed by atoms with Crippen LogP contribution in [0.5, 0.6) is 0 Å². The molecule has 5 heteroatoms. The average molecular weight is 428 g/mol. The van der Waals surface area contributed by atoms with E-state index in [1.54, 1.807) is 12.1 Å². The minimum atomic E-state index is -4.27. The highest BCUT2D eigenvalue weighted by Crippen LogP contribution is 2.12. The van der Waals surface area contributed by atoms with E-state index in [0.717, 1.165) is 10.0 Å². The number of hydrogen-bond acceptors (Lipinski definition) is 3. The maximum Gasteiger partial charge on any atom is 0.124 e. The summed E-state index contributed by atoms with van der Waals surface area (Å²) in [6.07, 6.45) is 17.4. The summed E-state index contributed by atoms with van der Waals surface area (Å²) in [6.45, 7) is 5.44. The second-order valence-corrected chi connectivity index (χ2v) is 10.5. The van der Waals surface area contributed by atoms with Crippen molar-refractivity contribution in [3.05, 3.63) is 29.8 Å². The molecule has 0 spiro atoms. The molecule has 29 heavy (non-hydrogen) atoms. The zero-order valence-electron chi connectivity index (χ0n) is 19.6. The summed E-state index contributed by atoms with van der Waals surface area (Å²) in [5.41, 5.74) is 0.928. The van der Waals surface area contributed by atoms with Crippen molar-refractivity contribution in [1.82, 2.24) is 0 Å². The number of benzene rings is 1. The maximum atomic E-state index is 10.4. The molecule has 0 aliphatic carbocycles. The van der Waals surface area contributed by atoms with Crippen LogP contribution in [0, 0.1) is 6.92 Å². The van der Waals surface area contributed by atoms with Gasteiger partial charge in [-0.2, -0.15) is 0 Å². The quantitative estimate of drug-likeness (QED) is 0.199. The number of quaternary nitrogens is 1.